The van der Waals surface area contributed by atoms with Gasteiger partial charge < -0.3 is 10.1 Å². The van der Waals surface area contributed by atoms with E-state index < -0.39 is 5.54 Å². The molecule has 1 amide bonds. The van der Waals surface area contributed by atoms with E-state index in [9.17, 15) is 4.79 Å². The van der Waals surface area contributed by atoms with Crippen molar-refractivity contribution in [1.29, 1.82) is 0 Å². The van der Waals surface area contributed by atoms with Crippen LogP contribution < -0.4 is 5.32 Å². The van der Waals surface area contributed by atoms with Gasteiger partial charge in [0.1, 0.15) is 11.9 Å². The molecule has 1 aliphatic carbocycles. The van der Waals surface area contributed by atoms with E-state index in [-0.39, 0.29) is 5.91 Å². The van der Waals surface area contributed by atoms with Gasteiger partial charge in [-0.1, -0.05) is 19.3 Å². The molecule has 0 radical (unpaired) electrons. The number of carbonyl (C=O) groups is 1. The molecule has 2 heterocycles. The fraction of sp³-hybridized carbons (Fsp3) is 0.867. The molecule has 23 heavy (non-hydrogen) atoms. The van der Waals surface area contributed by atoms with Crippen molar-refractivity contribution in [3.05, 3.63) is 6.33 Å². The summed E-state index contributed by atoms with van der Waals surface area (Å²) in [4.78, 5) is 15.2. The third-order valence-electron chi connectivity index (χ3n) is 4.93. The summed E-state index contributed by atoms with van der Waals surface area (Å²) < 4.78 is 7.00. The Bertz CT molecular complexity index is 480. The van der Waals surface area contributed by atoms with Crippen molar-refractivity contribution >= 4 is 5.91 Å². The van der Waals surface area contributed by atoms with Gasteiger partial charge in [0.2, 0.25) is 5.91 Å². The lowest BCUT2D eigenvalue weighted by atomic mass is 9.81. The molecule has 0 spiro atoms. The van der Waals surface area contributed by atoms with Crippen LogP contribution >= 0.6 is 0 Å². The number of nitrogens with one attached hydrogen (secondary N) is 1. The number of hydrogen-bond donors (Lipinski definition) is 1. The fourth-order valence-corrected chi connectivity index (χ4v) is 3.55. The average molecular weight is 322 g/mol. The number of morpholine rings is 1. The molecule has 8 nitrogen and oxygen atoms in total. The summed E-state index contributed by atoms with van der Waals surface area (Å²) in [5, 5.41) is 14.5. The van der Waals surface area contributed by atoms with Crippen molar-refractivity contribution in [3.8, 4) is 0 Å². The number of carbonyl (C=O) groups excluding carboxylic acids is 1. The quantitative estimate of drug-likeness (QED) is 0.752. The molecule has 0 atom stereocenters. The van der Waals surface area contributed by atoms with Crippen LogP contribution in [0.4, 0.5) is 0 Å². The van der Waals surface area contributed by atoms with Gasteiger partial charge in [0.05, 0.1) is 13.2 Å². The molecular weight excluding hydrogens is 296 g/mol. The first-order valence-corrected chi connectivity index (χ1v) is 8.63. The molecule has 1 aromatic heterocycles. The van der Waals surface area contributed by atoms with Crippen LogP contribution in [-0.4, -0.2) is 70.4 Å². The number of nitrogens with zero attached hydrogens (tertiary/aromatic N) is 5. The van der Waals surface area contributed by atoms with Gasteiger partial charge >= 0.3 is 0 Å². The predicted molar refractivity (Wildman–Crippen MR) is 83.8 cm³/mol. The zero-order valence-electron chi connectivity index (χ0n) is 13.6. The zero-order chi connectivity index (χ0) is 16.0. The largest absolute Gasteiger partial charge is 0.379 e. The molecule has 0 aromatic carbocycles. The van der Waals surface area contributed by atoms with Crippen LogP contribution in [-0.2, 0) is 15.1 Å². The molecule has 2 aliphatic rings. The number of aromatic nitrogens is 4. The van der Waals surface area contributed by atoms with E-state index in [1.807, 2.05) is 0 Å². The van der Waals surface area contributed by atoms with E-state index in [0.29, 0.717) is 6.54 Å². The zero-order valence-corrected chi connectivity index (χ0v) is 13.6. The first kappa shape index (κ1) is 16.3. The van der Waals surface area contributed by atoms with Crippen molar-refractivity contribution in [3.63, 3.8) is 0 Å². The number of hydrogen-bond acceptors (Lipinski definition) is 6. The Kier molecular flexibility index (Phi) is 5.56. The minimum atomic E-state index is -0.597. The van der Waals surface area contributed by atoms with Gasteiger partial charge in [-0.2, -0.15) is 0 Å². The lowest BCUT2D eigenvalue weighted by Crippen LogP contribution is -2.51. The highest BCUT2D eigenvalue weighted by molar-refractivity contribution is 5.84. The van der Waals surface area contributed by atoms with Crippen molar-refractivity contribution in [2.75, 3.05) is 39.4 Å². The Morgan fingerprint density at radius 1 is 1.22 bits per heavy atom. The summed E-state index contributed by atoms with van der Waals surface area (Å²) in [7, 11) is 0. The van der Waals surface area contributed by atoms with E-state index in [1.54, 1.807) is 11.0 Å². The summed E-state index contributed by atoms with van der Waals surface area (Å²) in [5.41, 5.74) is -0.597. The summed E-state index contributed by atoms with van der Waals surface area (Å²) in [5.74, 6) is 0.0616. The molecule has 1 saturated heterocycles. The van der Waals surface area contributed by atoms with Crippen molar-refractivity contribution in [2.45, 2.75) is 44.1 Å². The van der Waals surface area contributed by atoms with Crippen molar-refractivity contribution in [2.24, 2.45) is 0 Å². The molecule has 128 valence electrons. The highest BCUT2D eigenvalue weighted by Gasteiger charge is 2.42. The van der Waals surface area contributed by atoms with Crippen LogP contribution in [0.5, 0.6) is 0 Å². The Morgan fingerprint density at radius 2 is 2.00 bits per heavy atom. The molecule has 1 aliphatic heterocycles. The molecule has 8 heteroatoms. The minimum Gasteiger partial charge on any atom is -0.379 e. The van der Waals surface area contributed by atoms with E-state index in [4.69, 9.17) is 4.74 Å². The highest BCUT2D eigenvalue weighted by Crippen LogP contribution is 2.34. The van der Waals surface area contributed by atoms with E-state index in [0.717, 1.165) is 65.0 Å². The molecule has 0 unspecified atom stereocenters. The number of ether oxygens (including phenoxy) is 1. The summed E-state index contributed by atoms with van der Waals surface area (Å²) >= 11 is 0. The second kappa shape index (κ2) is 7.83. The van der Waals surface area contributed by atoms with E-state index in [2.05, 4.69) is 25.7 Å². The molecule has 1 N–H and O–H groups in total. The third-order valence-corrected chi connectivity index (χ3v) is 4.93. The van der Waals surface area contributed by atoms with Gasteiger partial charge in [-0.15, -0.1) is 5.10 Å². The smallest absolute Gasteiger partial charge is 0.248 e. The molecule has 1 aromatic rings. The first-order valence-electron chi connectivity index (χ1n) is 8.63. The molecule has 3 rings (SSSR count). The normalized spacial score (nSPS) is 21.9. The standard InChI is InChI=1S/C15H26N6O2/c22-14(16-7-4-8-20-9-11-23-12-10-20)15(5-2-1-3-6-15)21-13-17-18-19-21/h13H,1-12H2,(H,16,22). The summed E-state index contributed by atoms with van der Waals surface area (Å²) in [6.07, 6.45) is 7.41. The predicted octanol–water partition coefficient (Wildman–Crippen LogP) is 0.171. The van der Waals surface area contributed by atoms with Crippen LogP contribution in [0.15, 0.2) is 6.33 Å². The molecule has 0 bridgehead atoms. The summed E-state index contributed by atoms with van der Waals surface area (Å²) in [6.45, 7) is 5.30. The van der Waals surface area contributed by atoms with Crippen molar-refractivity contribution < 1.29 is 9.53 Å². The maximum atomic E-state index is 12.8. The van der Waals surface area contributed by atoms with Gasteiger partial charge in [0, 0.05) is 19.6 Å². The lowest BCUT2D eigenvalue weighted by molar-refractivity contribution is -0.132. The van der Waals surface area contributed by atoms with Gasteiger partial charge in [0.15, 0.2) is 0 Å². The van der Waals surface area contributed by atoms with E-state index >= 15 is 0 Å². The van der Waals surface area contributed by atoms with E-state index in [1.165, 1.54) is 6.42 Å². The lowest BCUT2D eigenvalue weighted by Gasteiger charge is -2.35. The minimum absolute atomic E-state index is 0.0616. The number of rotatable bonds is 6. The second-order valence-electron chi connectivity index (χ2n) is 6.41. The average Bonchev–Trinajstić information content (AvgIpc) is 3.15. The van der Waals surface area contributed by atoms with Crippen LogP contribution in [0.3, 0.4) is 0 Å². The Balaban J connectivity index is 1.50. The molecule has 2 fully saturated rings. The van der Waals surface area contributed by atoms with Crippen LogP contribution in [0.25, 0.3) is 0 Å². The fourth-order valence-electron chi connectivity index (χ4n) is 3.55. The number of tetrazole rings is 1. The Hall–Kier alpha value is -1.54. The van der Waals surface area contributed by atoms with Crippen LogP contribution in [0.1, 0.15) is 38.5 Å². The van der Waals surface area contributed by atoms with Crippen LogP contribution in [0.2, 0.25) is 0 Å². The monoisotopic (exact) mass is 322 g/mol. The summed E-state index contributed by atoms with van der Waals surface area (Å²) in [6, 6.07) is 0. The van der Waals surface area contributed by atoms with Gasteiger partial charge in [-0.25, -0.2) is 4.68 Å². The van der Waals surface area contributed by atoms with Crippen LogP contribution in [0, 0.1) is 0 Å². The Morgan fingerprint density at radius 3 is 2.70 bits per heavy atom. The molecule has 1 saturated carbocycles. The van der Waals surface area contributed by atoms with Gasteiger partial charge in [-0.3, -0.25) is 9.69 Å². The van der Waals surface area contributed by atoms with Gasteiger partial charge in [0.25, 0.3) is 0 Å². The third kappa shape index (κ3) is 3.87. The SMILES string of the molecule is O=C(NCCCN1CCOCC1)C1(n2cnnn2)CCCCC1. The van der Waals surface area contributed by atoms with Gasteiger partial charge in [-0.05, 0) is 36.2 Å². The van der Waals surface area contributed by atoms with Crippen molar-refractivity contribution in [1.82, 2.24) is 30.4 Å². The second-order valence-corrected chi connectivity index (χ2v) is 6.41. The first-order chi connectivity index (χ1) is 11.3. The molecular formula is C15H26N6O2. The maximum absolute atomic E-state index is 12.8. The number of amides is 1. The highest BCUT2D eigenvalue weighted by atomic mass is 16.5. The topological polar surface area (TPSA) is 85.2 Å². The maximum Gasteiger partial charge on any atom is 0.248 e. The Labute approximate surface area is 136 Å².